The zero-order chi connectivity index (χ0) is 14.1. The first-order valence-corrected chi connectivity index (χ1v) is 7.37. The summed E-state index contributed by atoms with van der Waals surface area (Å²) < 4.78 is 0. The number of nitrogens with zero attached hydrogens (tertiary/aromatic N) is 1. The predicted molar refractivity (Wildman–Crippen MR) is 74.1 cm³/mol. The minimum absolute atomic E-state index is 0.0535. The van der Waals surface area contributed by atoms with Crippen LogP contribution in [0.3, 0.4) is 0 Å². The Labute approximate surface area is 115 Å². The number of hydrogen-bond acceptors (Lipinski definition) is 2. The number of nitrogens with one attached hydrogen (secondary N) is 1. The van der Waals surface area contributed by atoms with E-state index in [9.17, 15) is 9.59 Å². The van der Waals surface area contributed by atoms with Crippen LogP contribution in [-0.2, 0) is 4.79 Å². The first-order chi connectivity index (χ1) is 9.11. The Morgan fingerprint density at radius 2 is 1.95 bits per heavy atom. The molecular weight excluding hydrogens is 244 g/mol. The van der Waals surface area contributed by atoms with Crippen LogP contribution in [0.2, 0.25) is 0 Å². The minimum atomic E-state index is -0.729. The van der Waals surface area contributed by atoms with Crippen molar-refractivity contribution in [3.8, 4) is 0 Å². The molecule has 1 saturated heterocycles. The van der Waals surface area contributed by atoms with Gasteiger partial charge in [-0.3, -0.25) is 4.79 Å². The second-order valence-corrected chi connectivity index (χ2v) is 5.33. The number of carboxylic acids is 1. The fourth-order valence-electron chi connectivity index (χ4n) is 2.45. The van der Waals surface area contributed by atoms with E-state index in [-0.39, 0.29) is 12.5 Å². The van der Waals surface area contributed by atoms with Crippen molar-refractivity contribution >= 4 is 12.0 Å². The molecule has 110 valence electrons. The van der Waals surface area contributed by atoms with E-state index in [1.807, 2.05) is 4.90 Å². The highest BCUT2D eigenvalue weighted by Gasteiger charge is 2.22. The predicted octanol–water partition coefficient (Wildman–Crippen LogP) is 2.61. The van der Waals surface area contributed by atoms with Gasteiger partial charge in [0.05, 0.1) is 0 Å². The third kappa shape index (κ3) is 6.45. The van der Waals surface area contributed by atoms with Crippen molar-refractivity contribution in [3.63, 3.8) is 0 Å². The van der Waals surface area contributed by atoms with Gasteiger partial charge in [-0.1, -0.05) is 12.8 Å². The molecule has 1 fully saturated rings. The van der Waals surface area contributed by atoms with E-state index in [0.717, 1.165) is 45.1 Å². The molecule has 0 aromatic carbocycles. The summed E-state index contributed by atoms with van der Waals surface area (Å²) in [5.41, 5.74) is 0. The lowest BCUT2D eigenvalue weighted by atomic mass is 10.0. The molecule has 5 heteroatoms. The Morgan fingerprint density at radius 1 is 1.21 bits per heavy atom. The zero-order valence-corrected chi connectivity index (χ0v) is 11.9. The van der Waals surface area contributed by atoms with Gasteiger partial charge in [0.15, 0.2) is 0 Å². The lowest BCUT2D eigenvalue weighted by Crippen LogP contribution is -2.47. The summed E-state index contributed by atoms with van der Waals surface area (Å²) in [5.74, 6) is -0.729. The summed E-state index contributed by atoms with van der Waals surface area (Å²) in [7, 11) is 0. The van der Waals surface area contributed by atoms with Gasteiger partial charge in [0.25, 0.3) is 0 Å². The normalized spacial score (nSPS) is 19.2. The number of rotatable bonds is 7. The van der Waals surface area contributed by atoms with E-state index in [2.05, 4.69) is 12.2 Å². The first-order valence-electron chi connectivity index (χ1n) is 7.37. The van der Waals surface area contributed by atoms with Crippen LogP contribution in [0.15, 0.2) is 0 Å². The number of urea groups is 1. The Kier molecular flexibility index (Phi) is 7.30. The largest absolute Gasteiger partial charge is 0.481 e. The average molecular weight is 270 g/mol. The van der Waals surface area contributed by atoms with E-state index in [4.69, 9.17) is 5.11 Å². The summed E-state index contributed by atoms with van der Waals surface area (Å²) in [6, 6.07) is 0.405. The molecule has 0 aromatic heterocycles. The fraction of sp³-hybridized carbons (Fsp3) is 0.857. The maximum atomic E-state index is 11.9. The van der Waals surface area contributed by atoms with Crippen LogP contribution in [-0.4, -0.2) is 41.1 Å². The smallest absolute Gasteiger partial charge is 0.317 e. The summed E-state index contributed by atoms with van der Waals surface area (Å²) in [4.78, 5) is 24.2. The van der Waals surface area contributed by atoms with Gasteiger partial charge in [-0.15, -0.1) is 0 Å². The molecule has 2 N–H and O–H groups in total. The fourth-order valence-corrected chi connectivity index (χ4v) is 2.45. The highest BCUT2D eigenvalue weighted by Crippen LogP contribution is 2.16. The number of unbranched alkanes of at least 4 members (excludes halogenated alkanes) is 3. The SMILES string of the molecule is CC1CCCCN1C(=O)NCCCCCCC(=O)O. The number of likely N-dealkylation sites (tertiary alicyclic amines) is 1. The van der Waals surface area contributed by atoms with Crippen molar-refractivity contribution in [2.75, 3.05) is 13.1 Å². The van der Waals surface area contributed by atoms with Crippen molar-refractivity contribution in [1.29, 1.82) is 0 Å². The molecule has 1 aliphatic rings. The van der Waals surface area contributed by atoms with Gasteiger partial charge in [-0.25, -0.2) is 4.79 Å². The summed E-state index contributed by atoms with van der Waals surface area (Å²) >= 11 is 0. The van der Waals surface area contributed by atoms with Gasteiger partial charge >= 0.3 is 12.0 Å². The van der Waals surface area contributed by atoms with Crippen LogP contribution in [0.4, 0.5) is 4.79 Å². The number of aliphatic carboxylic acids is 1. The number of carboxylic acid groups (broad SMARTS) is 1. The van der Waals surface area contributed by atoms with E-state index >= 15 is 0 Å². The van der Waals surface area contributed by atoms with Gasteiger partial charge in [0, 0.05) is 25.6 Å². The molecule has 1 aliphatic heterocycles. The lowest BCUT2D eigenvalue weighted by Gasteiger charge is -2.33. The van der Waals surface area contributed by atoms with Crippen LogP contribution >= 0.6 is 0 Å². The molecule has 0 spiro atoms. The minimum Gasteiger partial charge on any atom is -0.481 e. The third-order valence-corrected chi connectivity index (χ3v) is 3.66. The second kappa shape index (κ2) is 8.77. The molecular formula is C14H26N2O3. The molecule has 2 amide bonds. The Balaban J connectivity index is 2.02. The summed E-state index contributed by atoms with van der Waals surface area (Å²) in [5, 5.41) is 11.4. The van der Waals surface area contributed by atoms with Crippen LogP contribution in [0.25, 0.3) is 0 Å². The van der Waals surface area contributed by atoms with E-state index < -0.39 is 5.97 Å². The molecule has 1 rings (SSSR count). The zero-order valence-electron chi connectivity index (χ0n) is 11.9. The third-order valence-electron chi connectivity index (χ3n) is 3.66. The topological polar surface area (TPSA) is 69.6 Å². The van der Waals surface area contributed by atoms with Crippen molar-refractivity contribution in [1.82, 2.24) is 10.2 Å². The second-order valence-electron chi connectivity index (χ2n) is 5.33. The summed E-state index contributed by atoms with van der Waals surface area (Å²) in [6.45, 7) is 3.66. The number of amides is 2. The molecule has 0 aliphatic carbocycles. The van der Waals surface area contributed by atoms with Gasteiger partial charge in [-0.05, 0) is 39.0 Å². The number of carbonyl (C=O) groups excluding carboxylic acids is 1. The van der Waals surface area contributed by atoms with E-state index in [0.29, 0.717) is 12.6 Å². The van der Waals surface area contributed by atoms with Crippen LogP contribution < -0.4 is 5.32 Å². The Morgan fingerprint density at radius 3 is 2.63 bits per heavy atom. The monoisotopic (exact) mass is 270 g/mol. The molecule has 19 heavy (non-hydrogen) atoms. The average Bonchev–Trinajstić information content (AvgIpc) is 2.37. The Hall–Kier alpha value is -1.26. The highest BCUT2D eigenvalue weighted by molar-refractivity contribution is 5.74. The van der Waals surface area contributed by atoms with Crippen molar-refractivity contribution in [3.05, 3.63) is 0 Å². The van der Waals surface area contributed by atoms with E-state index in [1.54, 1.807) is 0 Å². The van der Waals surface area contributed by atoms with Crippen molar-refractivity contribution < 1.29 is 14.7 Å². The van der Waals surface area contributed by atoms with E-state index in [1.165, 1.54) is 6.42 Å². The number of piperidine rings is 1. The molecule has 0 saturated carbocycles. The summed E-state index contributed by atoms with van der Waals surface area (Å²) in [6.07, 6.45) is 7.22. The van der Waals surface area contributed by atoms with Crippen molar-refractivity contribution in [2.24, 2.45) is 0 Å². The van der Waals surface area contributed by atoms with Gasteiger partial charge in [-0.2, -0.15) is 0 Å². The molecule has 1 heterocycles. The van der Waals surface area contributed by atoms with Crippen LogP contribution in [0, 0.1) is 0 Å². The standard InChI is InChI=1S/C14H26N2O3/c1-12-8-5-7-11-16(12)14(19)15-10-6-3-2-4-9-13(17)18/h12H,2-11H2,1H3,(H,15,19)(H,17,18). The van der Waals surface area contributed by atoms with Crippen LogP contribution in [0.5, 0.6) is 0 Å². The Bertz CT molecular complexity index is 294. The molecule has 0 aromatic rings. The molecule has 0 bridgehead atoms. The lowest BCUT2D eigenvalue weighted by molar-refractivity contribution is -0.137. The molecule has 1 atom stereocenters. The molecule has 5 nitrogen and oxygen atoms in total. The van der Waals surface area contributed by atoms with Gasteiger partial charge in [0.1, 0.15) is 0 Å². The number of hydrogen-bond donors (Lipinski definition) is 2. The highest BCUT2D eigenvalue weighted by atomic mass is 16.4. The molecule has 1 unspecified atom stereocenters. The maximum Gasteiger partial charge on any atom is 0.317 e. The maximum absolute atomic E-state index is 11.9. The first kappa shape index (κ1) is 15.8. The number of carbonyl (C=O) groups is 2. The quantitative estimate of drug-likeness (QED) is 0.699. The van der Waals surface area contributed by atoms with Crippen LogP contribution in [0.1, 0.15) is 58.3 Å². The van der Waals surface area contributed by atoms with Crippen molar-refractivity contribution in [2.45, 2.75) is 64.3 Å². The molecule has 0 radical (unpaired) electrons. The van der Waals surface area contributed by atoms with Gasteiger partial charge < -0.3 is 15.3 Å². The van der Waals surface area contributed by atoms with Gasteiger partial charge in [0.2, 0.25) is 0 Å².